The van der Waals surface area contributed by atoms with Crippen LogP contribution in [0.4, 0.5) is 0 Å². The molecule has 0 spiro atoms. The van der Waals surface area contributed by atoms with Crippen molar-refractivity contribution < 1.29 is 4.42 Å². The predicted molar refractivity (Wildman–Crippen MR) is 87.9 cm³/mol. The minimum Gasteiger partial charge on any atom is -0.460 e. The lowest BCUT2D eigenvalue weighted by molar-refractivity contribution is 0.412. The first-order valence-corrected chi connectivity index (χ1v) is 8.38. The quantitative estimate of drug-likeness (QED) is 0.765. The van der Waals surface area contributed by atoms with E-state index in [2.05, 4.69) is 38.1 Å². The molecule has 0 radical (unpaired) electrons. The molecule has 1 aromatic heterocycles. The highest BCUT2D eigenvalue weighted by Crippen LogP contribution is 2.30. The van der Waals surface area contributed by atoms with Gasteiger partial charge < -0.3 is 15.9 Å². The number of furan rings is 1. The molecular formula is C16H24N2OS. The van der Waals surface area contributed by atoms with Crippen molar-refractivity contribution in [2.24, 2.45) is 11.5 Å². The van der Waals surface area contributed by atoms with Crippen LogP contribution in [0.2, 0.25) is 0 Å². The summed E-state index contributed by atoms with van der Waals surface area (Å²) in [5, 5.41) is 1.15. The SMILES string of the molecule is CCC(N)(CC)c1ccc2cc(CSCCN)oc2c1. The highest BCUT2D eigenvalue weighted by atomic mass is 32.2. The molecule has 1 heterocycles. The molecule has 2 rings (SSSR count). The van der Waals surface area contributed by atoms with Gasteiger partial charge in [0.15, 0.2) is 0 Å². The van der Waals surface area contributed by atoms with Gasteiger partial charge >= 0.3 is 0 Å². The second-order valence-electron chi connectivity index (χ2n) is 5.17. The van der Waals surface area contributed by atoms with E-state index < -0.39 is 0 Å². The van der Waals surface area contributed by atoms with Crippen molar-refractivity contribution in [2.45, 2.75) is 38.0 Å². The van der Waals surface area contributed by atoms with Gasteiger partial charge in [-0.15, -0.1) is 0 Å². The lowest BCUT2D eigenvalue weighted by Crippen LogP contribution is -2.34. The van der Waals surface area contributed by atoms with E-state index in [0.717, 1.165) is 46.6 Å². The molecular weight excluding hydrogens is 268 g/mol. The van der Waals surface area contributed by atoms with Gasteiger partial charge in [0.1, 0.15) is 11.3 Å². The van der Waals surface area contributed by atoms with Gasteiger partial charge in [-0.2, -0.15) is 11.8 Å². The second-order valence-corrected chi connectivity index (χ2v) is 6.27. The fourth-order valence-corrected chi connectivity index (χ4v) is 3.04. The van der Waals surface area contributed by atoms with Gasteiger partial charge in [0.2, 0.25) is 0 Å². The summed E-state index contributed by atoms with van der Waals surface area (Å²) in [6.07, 6.45) is 1.85. The van der Waals surface area contributed by atoms with Crippen LogP contribution in [0.25, 0.3) is 11.0 Å². The van der Waals surface area contributed by atoms with E-state index in [9.17, 15) is 0 Å². The summed E-state index contributed by atoms with van der Waals surface area (Å²) >= 11 is 1.80. The number of nitrogens with two attached hydrogens (primary N) is 2. The molecule has 3 nitrogen and oxygen atoms in total. The molecule has 0 bridgehead atoms. The molecule has 20 heavy (non-hydrogen) atoms. The van der Waals surface area contributed by atoms with E-state index in [1.807, 2.05) is 0 Å². The van der Waals surface area contributed by atoms with E-state index >= 15 is 0 Å². The van der Waals surface area contributed by atoms with E-state index in [4.69, 9.17) is 15.9 Å². The van der Waals surface area contributed by atoms with E-state index in [1.165, 1.54) is 0 Å². The zero-order chi connectivity index (χ0) is 14.6. The van der Waals surface area contributed by atoms with Crippen molar-refractivity contribution in [3.05, 3.63) is 35.6 Å². The molecule has 0 aliphatic rings. The Bertz CT molecular complexity index is 561. The highest BCUT2D eigenvalue weighted by Gasteiger charge is 2.23. The Morgan fingerprint density at radius 2 is 1.95 bits per heavy atom. The summed E-state index contributed by atoms with van der Waals surface area (Å²) < 4.78 is 5.92. The largest absolute Gasteiger partial charge is 0.460 e. The topological polar surface area (TPSA) is 65.2 Å². The zero-order valence-electron chi connectivity index (χ0n) is 12.3. The molecule has 0 aliphatic heterocycles. The van der Waals surface area contributed by atoms with Crippen molar-refractivity contribution in [1.29, 1.82) is 0 Å². The minimum absolute atomic E-state index is 0.255. The number of hydrogen-bond acceptors (Lipinski definition) is 4. The summed E-state index contributed by atoms with van der Waals surface area (Å²) in [4.78, 5) is 0. The van der Waals surface area contributed by atoms with Crippen molar-refractivity contribution in [3.8, 4) is 0 Å². The molecule has 0 fully saturated rings. The van der Waals surface area contributed by atoms with Crippen LogP contribution in [-0.2, 0) is 11.3 Å². The number of fused-ring (bicyclic) bond motifs is 1. The smallest absolute Gasteiger partial charge is 0.134 e. The first kappa shape index (κ1) is 15.4. The zero-order valence-corrected chi connectivity index (χ0v) is 13.1. The first-order chi connectivity index (χ1) is 9.62. The number of benzene rings is 1. The lowest BCUT2D eigenvalue weighted by Gasteiger charge is -2.27. The molecule has 0 aliphatic carbocycles. The molecule has 1 aromatic carbocycles. The molecule has 0 saturated heterocycles. The molecule has 110 valence electrons. The van der Waals surface area contributed by atoms with Crippen molar-refractivity contribution >= 4 is 22.7 Å². The van der Waals surface area contributed by atoms with Crippen LogP contribution in [0, 0.1) is 0 Å². The van der Waals surface area contributed by atoms with Gasteiger partial charge in [0, 0.05) is 23.2 Å². The van der Waals surface area contributed by atoms with E-state index in [-0.39, 0.29) is 5.54 Å². The van der Waals surface area contributed by atoms with Crippen LogP contribution in [0.5, 0.6) is 0 Å². The van der Waals surface area contributed by atoms with Gasteiger partial charge in [-0.25, -0.2) is 0 Å². The highest BCUT2D eigenvalue weighted by molar-refractivity contribution is 7.98. The first-order valence-electron chi connectivity index (χ1n) is 7.22. The van der Waals surface area contributed by atoms with Crippen molar-refractivity contribution in [3.63, 3.8) is 0 Å². The van der Waals surface area contributed by atoms with Crippen LogP contribution < -0.4 is 11.5 Å². The van der Waals surface area contributed by atoms with Crippen LogP contribution >= 0.6 is 11.8 Å². The predicted octanol–water partition coefficient (Wildman–Crippen LogP) is 3.60. The van der Waals surface area contributed by atoms with E-state index in [1.54, 1.807) is 11.8 Å². The average Bonchev–Trinajstić information content (AvgIpc) is 2.88. The van der Waals surface area contributed by atoms with Crippen molar-refractivity contribution in [1.82, 2.24) is 0 Å². The Labute approximate surface area is 125 Å². The Morgan fingerprint density at radius 1 is 1.20 bits per heavy atom. The molecule has 4 heteroatoms. The summed E-state index contributed by atoms with van der Waals surface area (Å²) in [5.41, 5.74) is 13.8. The third kappa shape index (κ3) is 3.19. The minimum atomic E-state index is -0.255. The Hall–Kier alpha value is -0.970. The molecule has 0 amide bonds. The monoisotopic (exact) mass is 292 g/mol. The Kier molecular flexibility index (Phi) is 5.13. The average molecular weight is 292 g/mol. The van der Waals surface area contributed by atoms with Gasteiger partial charge in [0.05, 0.1) is 5.75 Å². The van der Waals surface area contributed by atoms with Crippen LogP contribution in [-0.4, -0.2) is 12.3 Å². The maximum Gasteiger partial charge on any atom is 0.134 e. The lowest BCUT2D eigenvalue weighted by atomic mass is 9.85. The fraction of sp³-hybridized carbons (Fsp3) is 0.500. The second kappa shape index (κ2) is 6.66. The van der Waals surface area contributed by atoms with Crippen LogP contribution in [0.15, 0.2) is 28.7 Å². The van der Waals surface area contributed by atoms with Gasteiger partial charge in [-0.1, -0.05) is 26.0 Å². The maximum absolute atomic E-state index is 6.45. The standard InChI is InChI=1S/C16H24N2OS/c1-3-16(18,4-2)13-6-5-12-9-14(11-20-8-7-17)19-15(12)10-13/h5-6,9-10H,3-4,7-8,11,17-18H2,1-2H3. The summed E-state index contributed by atoms with van der Waals surface area (Å²) in [6.45, 7) is 4.97. The summed E-state index contributed by atoms with van der Waals surface area (Å²) in [7, 11) is 0. The molecule has 0 atom stereocenters. The number of hydrogen-bond donors (Lipinski definition) is 2. The molecule has 0 saturated carbocycles. The van der Waals surface area contributed by atoms with Crippen LogP contribution in [0.3, 0.4) is 0 Å². The third-order valence-electron chi connectivity index (χ3n) is 3.91. The molecule has 4 N–H and O–H groups in total. The van der Waals surface area contributed by atoms with Crippen LogP contribution in [0.1, 0.15) is 38.0 Å². The Morgan fingerprint density at radius 3 is 2.60 bits per heavy atom. The van der Waals surface area contributed by atoms with Crippen molar-refractivity contribution in [2.75, 3.05) is 12.3 Å². The number of rotatable bonds is 7. The summed E-state index contributed by atoms with van der Waals surface area (Å²) in [6, 6.07) is 8.44. The fourth-order valence-electron chi connectivity index (χ4n) is 2.38. The maximum atomic E-state index is 6.45. The van der Waals surface area contributed by atoms with Gasteiger partial charge in [-0.3, -0.25) is 0 Å². The normalized spacial score (nSPS) is 12.2. The summed E-state index contributed by atoms with van der Waals surface area (Å²) in [5.74, 6) is 2.84. The molecule has 0 unspecified atom stereocenters. The third-order valence-corrected chi connectivity index (χ3v) is 4.93. The van der Waals surface area contributed by atoms with E-state index in [0.29, 0.717) is 6.54 Å². The molecule has 2 aromatic rings. The number of thioether (sulfide) groups is 1. The Balaban J connectivity index is 2.25. The van der Waals surface area contributed by atoms with Gasteiger partial charge in [0.25, 0.3) is 0 Å². The van der Waals surface area contributed by atoms with Gasteiger partial charge in [-0.05, 0) is 30.5 Å².